The van der Waals surface area contributed by atoms with Gasteiger partial charge in [0.1, 0.15) is 0 Å². The van der Waals surface area contributed by atoms with E-state index < -0.39 is 0 Å². The van der Waals surface area contributed by atoms with Crippen LogP contribution < -0.4 is 0 Å². The summed E-state index contributed by atoms with van der Waals surface area (Å²) in [6.45, 7) is 3.84. The highest BCUT2D eigenvalue weighted by molar-refractivity contribution is 8.00. The number of carbonyl (C=O) groups excluding carboxylic acids is 1. The lowest BCUT2D eigenvalue weighted by molar-refractivity contribution is -0.126. The smallest absolute Gasteiger partial charge is 0.235 e. The quantitative estimate of drug-likeness (QED) is 0.863. The summed E-state index contributed by atoms with van der Waals surface area (Å²) in [5.74, 6) is 0.222. The first-order valence-corrected chi connectivity index (χ1v) is 7.45. The molecule has 0 aliphatic carbocycles. The van der Waals surface area contributed by atoms with Crippen LogP contribution in [0.25, 0.3) is 11.0 Å². The minimum atomic E-state index is 0.0205. The Kier molecular flexibility index (Phi) is 3.22. The van der Waals surface area contributed by atoms with Gasteiger partial charge < -0.3 is 9.47 Å². The number of likely N-dealkylation sites (tertiary alicyclic amines) is 1. The Labute approximate surface area is 116 Å². The molecule has 0 radical (unpaired) electrons. The van der Waals surface area contributed by atoms with Crippen LogP contribution in [-0.4, -0.2) is 39.2 Å². The van der Waals surface area contributed by atoms with Crippen LogP contribution in [0, 0.1) is 0 Å². The molecule has 1 aromatic carbocycles. The lowest BCUT2D eigenvalue weighted by atomic mass is 10.3. The fourth-order valence-electron chi connectivity index (χ4n) is 2.48. The van der Waals surface area contributed by atoms with E-state index in [9.17, 15) is 4.79 Å². The van der Waals surface area contributed by atoms with Gasteiger partial charge in [-0.05, 0) is 25.5 Å². The van der Waals surface area contributed by atoms with Gasteiger partial charge in [0.2, 0.25) is 5.91 Å². The number of para-hydroxylation sites is 2. The number of thioether (sulfide) groups is 1. The van der Waals surface area contributed by atoms with E-state index in [2.05, 4.69) is 22.5 Å². The highest BCUT2D eigenvalue weighted by Gasteiger charge is 2.31. The molecule has 1 fully saturated rings. The van der Waals surface area contributed by atoms with E-state index in [0.29, 0.717) is 0 Å². The summed E-state index contributed by atoms with van der Waals surface area (Å²) >= 11 is 1.60. The van der Waals surface area contributed by atoms with Crippen LogP contribution in [0.5, 0.6) is 0 Å². The predicted octanol–water partition coefficient (Wildman–Crippen LogP) is 2.38. The van der Waals surface area contributed by atoms with Crippen LogP contribution in [0.4, 0.5) is 0 Å². The lowest BCUT2D eigenvalue weighted by Crippen LogP contribution is -2.24. The third kappa shape index (κ3) is 2.12. The van der Waals surface area contributed by atoms with Crippen LogP contribution >= 0.6 is 11.8 Å². The molecule has 1 aromatic heterocycles. The standard InChI is InChI=1S/C14H17N3OS/c1-3-17-11-7-5-4-6-10(11)15-14(17)19-12-8-9-16(2)13(12)18/h4-7,12H,3,8-9H2,1-2H3/t12-/m0/s1. The van der Waals surface area contributed by atoms with Crippen LogP contribution in [-0.2, 0) is 11.3 Å². The van der Waals surface area contributed by atoms with Gasteiger partial charge in [0.15, 0.2) is 5.16 Å². The minimum absolute atomic E-state index is 0.0205. The summed E-state index contributed by atoms with van der Waals surface area (Å²) in [5.41, 5.74) is 2.15. The van der Waals surface area contributed by atoms with E-state index >= 15 is 0 Å². The van der Waals surface area contributed by atoms with Crippen LogP contribution in [0.1, 0.15) is 13.3 Å². The van der Waals surface area contributed by atoms with E-state index in [-0.39, 0.29) is 11.2 Å². The molecule has 2 aromatic rings. The molecule has 0 unspecified atom stereocenters. The number of rotatable bonds is 3. The predicted molar refractivity (Wildman–Crippen MR) is 77.3 cm³/mol. The van der Waals surface area contributed by atoms with E-state index in [1.807, 2.05) is 25.2 Å². The van der Waals surface area contributed by atoms with E-state index in [1.54, 1.807) is 16.7 Å². The Hall–Kier alpha value is -1.49. The monoisotopic (exact) mass is 275 g/mol. The minimum Gasteiger partial charge on any atom is -0.345 e. The fraction of sp³-hybridized carbons (Fsp3) is 0.429. The second kappa shape index (κ2) is 4.89. The molecule has 1 saturated heterocycles. The fourth-order valence-corrected chi connectivity index (χ4v) is 3.74. The summed E-state index contributed by atoms with van der Waals surface area (Å²) < 4.78 is 2.19. The molecule has 0 saturated carbocycles. The molecule has 19 heavy (non-hydrogen) atoms. The van der Waals surface area contributed by atoms with Gasteiger partial charge in [0.25, 0.3) is 0 Å². The van der Waals surface area contributed by atoms with Crippen molar-refractivity contribution >= 4 is 28.7 Å². The Bertz CT molecular complexity index is 622. The number of fused-ring (bicyclic) bond motifs is 1. The number of benzene rings is 1. The maximum Gasteiger partial charge on any atom is 0.235 e. The first kappa shape index (κ1) is 12.5. The first-order valence-electron chi connectivity index (χ1n) is 6.57. The van der Waals surface area contributed by atoms with Crippen molar-refractivity contribution in [3.05, 3.63) is 24.3 Å². The molecule has 1 aliphatic rings. The van der Waals surface area contributed by atoms with Gasteiger partial charge in [-0.15, -0.1) is 0 Å². The highest BCUT2D eigenvalue weighted by Crippen LogP contribution is 2.31. The summed E-state index contributed by atoms with van der Waals surface area (Å²) in [7, 11) is 1.87. The number of imidazole rings is 1. The molecule has 100 valence electrons. The van der Waals surface area contributed by atoms with Crippen molar-refractivity contribution < 1.29 is 4.79 Å². The summed E-state index contributed by atoms with van der Waals surface area (Å²) in [5, 5.41) is 0.976. The SMILES string of the molecule is CCn1c(S[C@H]2CCN(C)C2=O)nc2ccccc21. The van der Waals surface area contributed by atoms with Gasteiger partial charge in [-0.3, -0.25) is 4.79 Å². The van der Waals surface area contributed by atoms with Gasteiger partial charge in [-0.1, -0.05) is 23.9 Å². The van der Waals surface area contributed by atoms with E-state index in [4.69, 9.17) is 0 Å². The third-order valence-corrected chi connectivity index (χ3v) is 4.81. The molecule has 2 heterocycles. The van der Waals surface area contributed by atoms with Crippen molar-refractivity contribution in [2.75, 3.05) is 13.6 Å². The topological polar surface area (TPSA) is 38.1 Å². The summed E-state index contributed by atoms with van der Waals surface area (Å²) in [6, 6.07) is 8.13. The van der Waals surface area contributed by atoms with Crippen LogP contribution in [0.2, 0.25) is 0 Å². The van der Waals surface area contributed by atoms with Gasteiger partial charge in [0.05, 0.1) is 16.3 Å². The number of aromatic nitrogens is 2. The molecule has 5 heteroatoms. The van der Waals surface area contributed by atoms with Crippen LogP contribution in [0.15, 0.2) is 29.4 Å². The molecule has 3 rings (SSSR count). The molecule has 1 atom stereocenters. The first-order chi connectivity index (χ1) is 9.20. The highest BCUT2D eigenvalue weighted by atomic mass is 32.2. The number of nitrogens with zero attached hydrogens (tertiary/aromatic N) is 3. The summed E-state index contributed by atoms with van der Waals surface area (Å²) in [4.78, 5) is 18.5. The molecular formula is C14H17N3OS. The third-order valence-electron chi connectivity index (χ3n) is 3.56. The van der Waals surface area contributed by atoms with Crippen LogP contribution in [0.3, 0.4) is 0 Å². The number of carbonyl (C=O) groups is 1. The lowest BCUT2D eigenvalue weighted by Gasteiger charge is -2.10. The van der Waals surface area contributed by atoms with Crippen molar-refractivity contribution in [2.45, 2.75) is 30.3 Å². The maximum atomic E-state index is 12.0. The van der Waals surface area contributed by atoms with Crippen molar-refractivity contribution in [2.24, 2.45) is 0 Å². The number of hydrogen-bond donors (Lipinski definition) is 0. The molecule has 0 spiro atoms. The van der Waals surface area contributed by atoms with Gasteiger partial charge in [-0.2, -0.15) is 0 Å². The molecule has 0 bridgehead atoms. The normalized spacial score (nSPS) is 19.6. The zero-order valence-corrected chi connectivity index (χ0v) is 12.0. The molecule has 1 aliphatic heterocycles. The largest absolute Gasteiger partial charge is 0.345 e. The van der Waals surface area contributed by atoms with Crippen molar-refractivity contribution in [3.8, 4) is 0 Å². The average Bonchev–Trinajstić information content (AvgIpc) is 2.93. The van der Waals surface area contributed by atoms with E-state index in [1.165, 1.54) is 0 Å². The Morgan fingerprint density at radius 2 is 2.21 bits per heavy atom. The molecule has 0 N–H and O–H groups in total. The second-order valence-corrected chi connectivity index (χ2v) is 5.95. The molecule has 1 amide bonds. The van der Waals surface area contributed by atoms with Gasteiger partial charge >= 0.3 is 0 Å². The van der Waals surface area contributed by atoms with E-state index in [0.717, 1.165) is 35.7 Å². The number of aryl methyl sites for hydroxylation is 1. The number of amides is 1. The zero-order valence-electron chi connectivity index (χ0n) is 11.2. The maximum absolute atomic E-state index is 12.0. The molecule has 4 nitrogen and oxygen atoms in total. The van der Waals surface area contributed by atoms with Crippen molar-refractivity contribution in [1.82, 2.24) is 14.5 Å². The number of hydrogen-bond acceptors (Lipinski definition) is 3. The Morgan fingerprint density at radius 3 is 2.89 bits per heavy atom. The van der Waals surface area contributed by atoms with Crippen molar-refractivity contribution in [1.29, 1.82) is 0 Å². The molecular weight excluding hydrogens is 258 g/mol. The average molecular weight is 275 g/mol. The Balaban J connectivity index is 1.94. The zero-order chi connectivity index (χ0) is 13.4. The Morgan fingerprint density at radius 1 is 1.42 bits per heavy atom. The van der Waals surface area contributed by atoms with Gasteiger partial charge in [0, 0.05) is 20.1 Å². The summed E-state index contributed by atoms with van der Waals surface area (Å²) in [6.07, 6.45) is 0.910. The van der Waals surface area contributed by atoms with Crippen molar-refractivity contribution in [3.63, 3.8) is 0 Å². The van der Waals surface area contributed by atoms with Gasteiger partial charge in [-0.25, -0.2) is 4.98 Å². The second-order valence-electron chi connectivity index (χ2n) is 4.78.